The Hall–Kier alpha value is -1.11. The van der Waals surface area contributed by atoms with Crippen LogP contribution in [0.4, 0.5) is 5.69 Å². The lowest BCUT2D eigenvalue weighted by Gasteiger charge is -2.32. The number of sulfonamides is 1. The Kier molecular flexibility index (Phi) is 5.61. The molecule has 0 saturated carbocycles. The van der Waals surface area contributed by atoms with Crippen molar-refractivity contribution in [2.75, 3.05) is 31.1 Å². The first-order chi connectivity index (χ1) is 10.1. The fourth-order valence-electron chi connectivity index (χ4n) is 2.53. The van der Waals surface area contributed by atoms with Crippen LogP contribution in [-0.4, -0.2) is 39.8 Å². The van der Waals surface area contributed by atoms with E-state index in [1.165, 1.54) is 0 Å². The van der Waals surface area contributed by atoms with Gasteiger partial charge in [-0.15, -0.1) is 0 Å². The minimum absolute atomic E-state index is 0.258. The van der Waals surface area contributed by atoms with Gasteiger partial charge in [0.2, 0.25) is 10.0 Å². The standard InChI is InChI=1S/C15H24N2O3S/c1-2-9-16-21(19,20)15-5-3-14(4-6-15)17-10-7-13(12-18)8-11-17/h3-6,13,16,18H,2,7-12H2,1H3. The van der Waals surface area contributed by atoms with Crippen LogP contribution in [-0.2, 0) is 10.0 Å². The number of piperidine rings is 1. The van der Waals surface area contributed by atoms with Crippen LogP contribution in [0.25, 0.3) is 0 Å². The lowest BCUT2D eigenvalue weighted by Crippen LogP contribution is -2.34. The summed E-state index contributed by atoms with van der Waals surface area (Å²) in [5, 5.41) is 9.15. The highest BCUT2D eigenvalue weighted by Crippen LogP contribution is 2.24. The number of benzene rings is 1. The van der Waals surface area contributed by atoms with Crippen LogP contribution in [0.1, 0.15) is 26.2 Å². The molecule has 0 bridgehead atoms. The van der Waals surface area contributed by atoms with Crippen LogP contribution in [0, 0.1) is 5.92 Å². The molecule has 0 unspecified atom stereocenters. The minimum atomic E-state index is -3.38. The zero-order valence-corrected chi connectivity index (χ0v) is 13.3. The van der Waals surface area contributed by atoms with E-state index in [1.807, 2.05) is 19.1 Å². The fourth-order valence-corrected chi connectivity index (χ4v) is 3.66. The molecule has 21 heavy (non-hydrogen) atoms. The van der Waals surface area contributed by atoms with Crippen molar-refractivity contribution in [3.63, 3.8) is 0 Å². The molecule has 1 aliphatic rings. The number of hydrogen-bond acceptors (Lipinski definition) is 4. The van der Waals surface area contributed by atoms with E-state index >= 15 is 0 Å². The smallest absolute Gasteiger partial charge is 0.240 e. The number of rotatable bonds is 6. The Morgan fingerprint density at radius 1 is 1.24 bits per heavy atom. The molecular formula is C15H24N2O3S. The molecule has 0 aromatic heterocycles. The number of anilines is 1. The zero-order valence-electron chi connectivity index (χ0n) is 12.5. The Balaban J connectivity index is 2.02. The second-order valence-electron chi connectivity index (χ2n) is 5.50. The van der Waals surface area contributed by atoms with Gasteiger partial charge >= 0.3 is 0 Å². The maximum absolute atomic E-state index is 12.0. The summed E-state index contributed by atoms with van der Waals surface area (Å²) < 4.78 is 26.6. The van der Waals surface area contributed by atoms with E-state index in [0.717, 1.165) is 38.0 Å². The molecule has 1 saturated heterocycles. The van der Waals surface area contributed by atoms with Gasteiger partial charge in [-0.2, -0.15) is 0 Å². The van der Waals surface area contributed by atoms with E-state index in [9.17, 15) is 8.42 Å². The average Bonchev–Trinajstić information content (AvgIpc) is 2.53. The topological polar surface area (TPSA) is 69.6 Å². The summed E-state index contributed by atoms with van der Waals surface area (Å²) >= 11 is 0. The van der Waals surface area contributed by atoms with Gasteiger partial charge in [0, 0.05) is 31.9 Å². The molecule has 0 spiro atoms. The summed E-state index contributed by atoms with van der Waals surface area (Å²) in [4.78, 5) is 2.55. The van der Waals surface area contributed by atoms with Crippen molar-refractivity contribution in [2.45, 2.75) is 31.1 Å². The second kappa shape index (κ2) is 7.24. The number of aliphatic hydroxyl groups excluding tert-OH is 1. The second-order valence-corrected chi connectivity index (χ2v) is 7.27. The van der Waals surface area contributed by atoms with Gasteiger partial charge in [-0.3, -0.25) is 0 Å². The SMILES string of the molecule is CCCNS(=O)(=O)c1ccc(N2CCC(CO)CC2)cc1. The molecule has 1 aromatic carbocycles. The van der Waals surface area contributed by atoms with Crippen molar-refractivity contribution in [2.24, 2.45) is 5.92 Å². The Bertz CT molecular complexity index is 535. The van der Waals surface area contributed by atoms with E-state index in [0.29, 0.717) is 17.4 Å². The minimum Gasteiger partial charge on any atom is -0.396 e. The summed E-state index contributed by atoms with van der Waals surface area (Å²) in [7, 11) is -3.38. The Morgan fingerprint density at radius 3 is 2.38 bits per heavy atom. The van der Waals surface area contributed by atoms with Crippen LogP contribution in [0.15, 0.2) is 29.2 Å². The number of nitrogens with one attached hydrogen (secondary N) is 1. The monoisotopic (exact) mass is 312 g/mol. The van der Waals surface area contributed by atoms with E-state index in [-0.39, 0.29) is 6.61 Å². The van der Waals surface area contributed by atoms with Crippen molar-refractivity contribution in [1.82, 2.24) is 4.72 Å². The normalized spacial score (nSPS) is 17.1. The molecule has 2 N–H and O–H groups in total. The molecular weight excluding hydrogens is 288 g/mol. The molecule has 5 nitrogen and oxygen atoms in total. The van der Waals surface area contributed by atoms with Gasteiger partial charge < -0.3 is 10.0 Å². The summed E-state index contributed by atoms with van der Waals surface area (Å²) in [5.74, 6) is 0.402. The van der Waals surface area contributed by atoms with E-state index in [2.05, 4.69) is 9.62 Å². The predicted octanol–water partition coefficient (Wildman–Crippen LogP) is 1.58. The maximum atomic E-state index is 12.0. The zero-order chi connectivity index (χ0) is 15.3. The summed E-state index contributed by atoms with van der Waals surface area (Å²) in [5.41, 5.74) is 1.04. The van der Waals surface area contributed by atoms with Gasteiger partial charge in [0.1, 0.15) is 0 Å². The van der Waals surface area contributed by atoms with Crippen LogP contribution < -0.4 is 9.62 Å². The summed E-state index contributed by atoms with van der Waals surface area (Å²) in [6.45, 7) is 4.46. The van der Waals surface area contributed by atoms with E-state index in [1.54, 1.807) is 12.1 Å². The van der Waals surface area contributed by atoms with Crippen molar-refractivity contribution in [1.29, 1.82) is 0 Å². The molecule has 1 aliphatic heterocycles. The molecule has 2 rings (SSSR count). The van der Waals surface area contributed by atoms with Crippen molar-refractivity contribution < 1.29 is 13.5 Å². The summed E-state index contributed by atoms with van der Waals surface area (Å²) in [6.07, 6.45) is 2.74. The van der Waals surface area contributed by atoms with Gasteiger partial charge in [-0.05, 0) is 49.4 Å². The van der Waals surface area contributed by atoms with Crippen molar-refractivity contribution in [3.8, 4) is 0 Å². The third kappa shape index (κ3) is 4.18. The first-order valence-corrected chi connectivity index (χ1v) is 9.00. The lowest BCUT2D eigenvalue weighted by molar-refractivity contribution is 0.203. The van der Waals surface area contributed by atoms with Crippen molar-refractivity contribution >= 4 is 15.7 Å². The van der Waals surface area contributed by atoms with Gasteiger partial charge in [0.05, 0.1) is 4.90 Å². The number of hydrogen-bond donors (Lipinski definition) is 2. The molecule has 0 amide bonds. The molecule has 1 heterocycles. The van der Waals surface area contributed by atoms with Crippen LogP contribution in [0.3, 0.4) is 0 Å². The molecule has 0 radical (unpaired) electrons. The average molecular weight is 312 g/mol. The number of nitrogens with zero attached hydrogens (tertiary/aromatic N) is 1. The highest BCUT2D eigenvalue weighted by atomic mass is 32.2. The molecule has 6 heteroatoms. The van der Waals surface area contributed by atoms with Crippen LogP contribution >= 0.6 is 0 Å². The van der Waals surface area contributed by atoms with Crippen LogP contribution in [0.5, 0.6) is 0 Å². The highest BCUT2D eigenvalue weighted by Gasteiger charge is 2.19. The van der Waals surface area contributed by atoms with Crippen molar-refractivity contribution in [3.05, 3.63) is 24.3 Å². The quantitative estimate of drug-likeness (QED) is 0.837. The highest BCUT2D eigenvalue weighted by molar-refractivity contribution is 7.89. The van der Waals surface area contributed by atoms with E-state index < -0.39 is 10.0 Å². The largest absolute Gasteiger partial charge is 0.396 e. The predicted molar refractivity (Wildman–Crippen MR) is 83.9 cm³/mol. The van der Waals surface area contributed by atoms with Gasteiger partial charge in [-0.1, -0.05) is 6.92 Å². The summed E-state index contributed by atoms with van der Waals surface area (Å²) in [6, 6.07) is 7.04. The lowest BCUT2D eigenvalue weighted by atomic mass is 9.97. The van der Waals surface area contributed by atoms with Gasteiger partial charge in [0.15, 0.2) is 0 Å². The first-order valence-electron chi connectivity index (χ1n) is 7.52. The maximum Gasteiger partial charge on any atom is 0.240 e. The molecule has 0 aliphatic carbocycles. The van der Waals surface area contributed by atoms with Gasteiger partial charge in [0.25, 0.3) is 0 Å². The Labute approximate surface area is 127 Å². The molecule has 1 fully saturated rings. The van der Waals surface area contributed by atoms with Gasteiger partial charge in [-0.25, -0.2) is 13.1 Å². The van der Waals surface area contributed by atoms with E-state index in [4.69, 9.17) is 5.11 Å². The molecule has 118 valence electrons. The molecule has 1 aromatic rings. The first kappa shape index (κ1) is 16.3. The van der Waals surface area contributed by atoms with Crippen LogP contribution in [0.2, 0.25) is 0 Å². The molecule has 0 atom stereocenters. The third-order valence-corrected chi connectivity index (χ3v) is 5.40. The Morgan fingerprint density at radius 2 is 1.86 bits per heavy atom. The third-order valence-electron chi connectivity index (χ3n) is 3.93. The fraction of sp³-hybridized carbons (Fsp3) is 0.600. The number of aliphatic hydroxyl groups is 1.